The summed E-state index contributed by atoms with van der Waals surface area (Å²) >= 11 is 0. The number of nitrogens with zero attached hydrogens (tertiary/aromatic N) is 6. The van der Waals surface area contributed by atoms with Crippen LogP contribution in [0.2, 0.25) is 0 Å². The molecule has 1 N–H and O–H groups in total. The molecule has 5 rings (SSSR count). The second-order valence-electron chi connectivity index (χ2n) is 7.36. The highest BCUT2D eigenvalue weighted by molar-refractivity contribution is 5.94. The third kappa shape index (κ3) is 3.61. The fourth-order valence-electron chi connectivity index (χ4n) is 3.95. The van der Waals surface area contributed by atoms with Crippen LogP contribution in [0.3, 0.4) is 0 Å². The summed E-state index contributed by atoms with van der Waals surface area (Å²) in [7, 11) is 0. The van der Waals surface area contributed by atoms with E-state index in [0.29, 0.717) is 12.1 Å². The first-order valence-corrected chi connectivity index (χ1v) is 9.91. The van der Waals surface area contributed by atoms with Crippen LogP contribution in [0.15, 0.2) is 43.0 Å². The number of rotatable bonds is 4. The van der Waals surface area contributed by atoms with Gasteiger partial charge in [-0.1, -0.05) is 0 Å². The Morgan fingerprint density at radius 2 is 1.93 bits per heavy atom. The molecule has 1 atom stereocenters. The molecular weight excluding hydrogens is 370 g/mol. The van der Waals surface area contributed by atoms with Crippen molar-refractivity contribution in [2.24, 2.45) is 0 Å². The molecule has 0 bridgehead atoms. The summed E-state index contributed by atoms with van der Waals surface area (Å²) < 4.78 is 7.25. The molecule has 29 heavy (non-hydrogen) atoms. The van der Waals surface area contributed by atoms with Crippen molar-refractivity contribution in [3.8, 4) is 0 Å². The average Bonchev–Trinajstić information content (AvgIpc) is 3.44. The molecule has 2 fully saturated rings. The molecule has 0 aliphatic carbocycles. The van der Waals surface area contributed by atoms with Crippen LogP contribution in [0.25, 0.3) is 5.65 Å². The summed E-state index contributed by atoms with van der Waals surface area (Å²) in [5, 5.41) is 11.3. The number of nitrogens with one attached hydrogen (secondary N) is 1. The van der Waals surface area contributed by atoms with E-state index in [2.05, 4.69) is 30.3 Å². The molecule has 1 amide bonds. The van der Waals surface area contributed by atoms with Crippen LogP contribution in [-0.4, -0.2) is 70.9 Å². The van der Waals surface area contributed by atoms with E-state index in [9.17, 15) is 4.79 Å². The van der Waals surface area contributed by atoms with Crippen molar-refractivity contribution in [3.63, 3.8) is 0 Å². The van der Waals surface area contributed by atoms with Crippen molar-refractivity contribution >= 4 is 23.1 Å². The SMILES string of the molecule is O=C(N[C@H]1CCN(c2nccn3cnnc23)C1)c1ccc(N2CCOCC2)cc1. The summed E-state index contributed by atoms with van der Waals surface area (Å²) in [4.78, 5) is 21.6. The van der Waals surface area contributed by atoms with Gasteiger partial charge in [-0.15, -0.1) is 10.2 Å². The first-order chi connectivity index (χ1) is 14.3. The molecule has 2 aliphatic rings. The maximum absolute atomic E-state index is 12.7. The molecule has 0 saturated carbocycles. The highest BCUT2D eigenvalue weighted by atomic mass is 16.5. The second kappa shape index (κ2) is 7.67. The van der Waals surface area contributed by atoms with Crippen LogP contribution in [0.4, 0.5) is 11.5 Å². The summed E-state index contributed by atoms with van der Waals surface area (Å²) in [6, 6.07) is 7.89. The zero-order chi connectivity index (χ0) is 19.6. The third-order valence-electron chi connectivity index (χ3n) is 5.53. The summed E-state index contributed by atoms with van der Waals surface area (Å²) in [5.74, 6) is 0.760. The van der Waals surface area contributed by atoms with E-state index >= 15 is 0 Å². The molecular formula is C20H23N7O2. The van der Waals surface area contributed by atoms with Crippen LogP contribution in [-0.2, 0) is 4.74 Å². The number of amides is 1. The Kier molecular flexibility index (Phi) is 4.73. The van der Waals surface area contributed by atoms with Gasteiger partial charge in [-0.25, -0.2) is 4.98 Å². The van der Waals surface area contributed by atoms with Gasteiger partial charge in [-0.3, -0.25) is 9.20 Å². The van der Waals surface area contributed by atoms with E-state index in [4.69, 9.17) is 4.74 Å². The molecule has 1 aromatic carbocycles. The van der Waals surface area contributed by atoms with Crippen LogP contribution in [0.1, 0.15) is 16.8 Å². The highest BCUT2D eigenvalue weighted by Gasteiger charge is 2.27. The van der Waals surface area contributed by atoms with Gasteiger partial charge in [-0.05, 0) is 30.7 Å². The van der Waals surface area contributed by atoms with Crippen molar-refractivity contribution in [3.05, 3.63) is 48.5 Å². The molecule has 3 aromatic rings. The highest BCUT2D eigenvalue weighted by Crippen LogP contribution is 2.22. The van der Waals surface area contributed by atoms with Crippen molar-refractivity contribution < 1.29 is 9.53 Å². The first-order valence-electron chi connectivity index (χ1n) is 9.91. The van der Waals surface area contributed by atoms with Gasteiger partial charge in [0.25, 0.3) is 5.91 Å². The predicted molar refractivity (Wildman–Crippen MR) is 108 cm³/mol. The number of hydrogen-bond donors (Lipinski definition) is 1. The number of fused-ring (bicyclic) bond motifs is 1. The van der Waals surface area contributed by atoms with Crippen LogP contribution in [0.5, 0.6) is 0 Å². The Balaban J connectivity index is 1.22. The molecule has 2 aromatic heterocycles. The van der Waals surface area contributed by atoms with Gasteiger partial charge in [-0.2, -0.15) is 0 Å². The number of ether oxygens (including phenoxy) is 1. The third-order valence-corrected chi connectivity index (χ3v) is 5.53. The Bertz CT molecular complexity index is 997. The summed E-state index contributed by atoms with van der Waals surface area (Å²) in [5.41, 5.74) is 2.54. The van der Waals surface area contributed by atoms with Gasteiger partial charge in [0.05, 0.1) is 13.2 Å². The molecule has 9 nitrogen and oxygen atoms in total. The van der Waals surface area contributed by atoms with Crippen molar-refractivity contribution in [2.45, 2.75) is 12.5 Å². The van der Waals surface area contributed by atoms with Gasteiger partial charge in [0, 0.05) is 55.9 Å². The van der Waals surface area contributed by atoms with E-state index in [1.807, 2.05) is 34.9 Å². The van der Waals surface area contributed by atoms with Crippen molar-refractivity contribution in [2.75, 3.05) is 49.2 Å². The number of benzene rings is 1. The topological polar surface area (TPSA) is 87.9 Å². The Labute approximate surface area is 168 Å². The van der Waals surface area contributed by atoms with Crippen molar-refractivity contribution in [1.29, 1.82) is 0 Å². The maximum Gasteiger partial charge on any atom is 0.251 e. The maximum atomic E-state index is 12.7. The van der Waals surface area contributed by atoms with Crippen molar-refractivity contribution in [1.82, 2.24) is 24.9 Å². The standard InChI is InChI=1S/C20H23N7O2/c28-20(15-1-3-17(4-2-15)25-9-11-29-12-10-25)23-16-5-7-26(13-16)18-19-24-22-14-27(19)8-6-21-18/h1-4,6,8,14,16H,5,7,9-13H2,(H,23,28)/t16-/m0/s1. The largest absolute Gasteiger partial charge is 0.378 e. The Morgan fingerprint density at radius 1 is 1.10 bits per heavy atom. The predicted octanol–water partition coefficient (Wildman–Crippen LogP) is 0.970. The van der Waals surface area contributed by atoms with E-state index in [1.54, 1.807) is 12.5 Å². The molecule has 9 heteroatoms. The lowest BCUT2D eigenvalue weighted by Gasteiger charge is -2.28. The normalized spacial score (nSPS) is 19.7. The van der Waals surface area contributed by atoms with E-state index < -0.39 is 0 Å². The summed E-state index contributed by atoms with van der Waals surface area (Å²) in [6.07, 6.45) is 6.10. The smallest absolute Gasteiger partial charge is 0.251 e. The van der Waals surface area contributed by atoms with E-state index in [-0.39, 0.29) is 11.9 Å². The minimum absolute atomic E-state index is 0.0426. The second-order valence-corrected chi connectivity index (χ2v) is 7.36. The lowest BCUT2D eigenvalue weighted by molar-refractivity contribution is 0.0940. The van der Waals surface area contributed by atoms with Crippen LogP contribution in [0, 0.1) is 0 Å². The number of carbonyl (C=O) groups excluding carboxylic acids is 1. The minimum atomic E-state index is -0.0426. The van der Waals surface area contributed by atoms with Gasteiger partial charge >= 0.3 is 0 Å². The fraction of sp³-hybridized carbons (Fsp3) is 0.400. The number of hydrogen-bond acceptors (Lipinski definition) is 7. The number of carbonyl (C=O) groups is 1. The van der Waals surface area contributed by atoms with Crippen LogP contribution < -0.4 is 15.1 Å². The average molecular weight is 393 g/mol. The molecule has 4 heterocycles. The van der Waals surface area contributed by atoms with Gasteiger partial charge in [0.1, 0.15) is 6.33 Å². The number of aromatic nitrogens is 4. The zero-order valence-corrected chi connectivity index (χ0v) is 16.1. The number of anilines is 2. The molecule has 2 saturated heterocycles. The monoisotopic (exact) mass is 393 g/mol. The number of morpholine rings is 1. The molecule has 0 spiro atoms. The van der Waals surface area contributed by atoms with Crippen LogP contribution >= 0.6 is 0 Å². The Morgan fingerprint density at radius 3 is 2.76 bits per heavy atom. The lowest BCUT2D eigenvalue weighted by Crippen LogP contribution is -2.37. The zero-order valence-electron chi connectivity index (χ0n) is 16.1. The van der Waals surface area contributed by atoms with E-state index in [1.165, 1.54) is 0 Å². The lowest BCUT2D eigenvalue weighted by atomic mass is 10.1. The van der Waals surface area contributed by atoms with E-state index in [0.717, 1.165) is 56.4 Å². The molecule has 2 aliphatic heterocycles. The molecule has 0 radical (unpaired) electrons. The van der Waals surface area contributed by atoms with Gasteiger partial charge in [0.2, 0.25) is 5.65 Å². The molecule has 150 valence electrons. The quantitative estimate of drug-likeness (QED) is 0.707. The first kappa shape index (κ1) is 17.9. The fourth-order valence-corrected chi connectivity index (χ4v) is 3.95. The van der Waals surface area contributed by atoms with Gasteiger partial charge in [0.15, 0.2) is 5.82 Å². The Hall–Kier alpha value is -3.20. The summed E-state index contributed by atoms with van der Waals surface area (Å²) in [6.45, 7) is 4.79. The minimum Gasteiger partial charge on any atom is -0.378 e. The van der Waals surface area contributed by atoms with Gasteiger partial charge < -0.3 is 19.9 Å². The molecule has 0 unspecified atom stereocenters.